The topological polar surface area (TPSA) is 477 Å². The highest BCUT2D eigenvalue weighted by Gasteiger charge is 2.48. The van der Waals surface area contributed by atoms with Gasteiger partial charge in [0.1, 0.15) is 94.2 Å². The molecule has 0 aromatic carbocycles. The molecule has 4 fully saturated rings. The number of hydrogen-bond donors (Lipinski definition) is 12. The summed E-state index contributed by atoms with van der Waals surface area (Å²) >= 11 is 0. The van der Waals surface area contributed by atoms with Gasteiger partial charge in [-0.25, -0.2) is 59.8 Å². The van der Waals surface area contributed by atoms with E-state index in [0.29, 0.717) is 124 Å². The monoisotopic (exact) mass is 1500 g/mol. The van der Waals surface area contributed by atoms with Gasteiger partial charge in [-0.15, -0.1) is 52.7 Å². The highest BCUT2D eigenvalue weighted by atomic mass is 31.2. The number of fused-ring (bicyclic) bond motifs is 4. The Morgan fingerprint density at radius 2 is 0.637 bits per heavy atom. The highest BCUT2D eigenvalue weighted by Crippen LogP contribution is 2.45. The lowest BCUT2D eigenvalue weighted by molar-refractivity contribution is -0.0353. The predicted octanol–water partition coefficient (Wildman–Crippen LogP) is 3.67. The predicted molar refractivity (Wildman–Crippen MR) is 411 cm³/mol. The van der Waals surface area contributed by atoms with Crippen LogP contribution in [0.5, 0.6) is 0 Å². The largest absolute Gasteiger partial charge is 0.388 e. The highest BCUT2D eigenvalue weighted by molar-refractivity contribution is 7.73. The quantitative estimate of drug-likeness (QED) is 0.0431. The Morgan fingerprint density at radius 3 is 0.912 bits per heavy atom. The van der Waals surface area contributed by atoms with Crippen LogP contribution in [0, 0.1) is 6.92 Å². The van der Waals surface area contributed by atoms with Gasteiger partial charge in [-0.2, -0.15) is 0 Å². The molecule has 0 amide bonds. The molecule has 8 aromatic heterocycles. The minimum Gasteiger partial charge on any atom is -0.388 e. The number of nitrogens with zero attached hydrogens (tertiary/aromatic N) is 16. The van der Waals surface area contributed by atoms with Crippen molar-refractivity contribution in [1.82, 2.24) is 78.1 Å². The van der Waals surface area contributed by atoms with Crippen molar-refractivity contribution >= 4 is 121 Å². The van der Waals surface area contributed by atoms with E-state index in [1.54, 1.807) is 31.5 Å². The van der Waals surface area contributed by atoms with E-state index in [0.717, 1.165) is 50.3 Å². The molecule has 0 saturated carbocycles. The van der Waals surface area contributed by atoms with Crippen LogP contribution in [0.25, 0.3) is 44.7 Å². The van der Waals surface area contributed by atoms with Gasteiger partial charge in [-0.3, -0.25) is 18.3 Å². The van der Waals surface area contributed by atoms with Gasteiger partial charge in [0.05, 0.1) is 49.7 Å². The number of aryl methyl sites for hydroxylation is 4. The van der Waals surface area contributed by atoms with Crippen LogP contribution in [0.1, 0.15) is 114 Å². The van der Waals surface area contributed by atoms with Crippen molar-refractivity contribution < 1.29 is 59.8 Å². The second kappa shape index (κ2) is 32.9. The van der Waals surface area contributed by atoms with Crippen molar-refractivity contribution in [2.45, 2.75) is 190 Å². The molecule has 4 aliphatic heterocycles. The maximum atomic E-state index is 10.6. The number of unbranched alkanes of at least 4 members (excludes halogenated alkanes) is 1. The number of aliphatic hydroxyl groups is 8. The average Bonchev–Trinajstić information content (AvgIpc) is 1.64. The third-order valence-corrected chi connectivity index (χ3v) is 24.0. The second-order valence-electron chi connectivity index (χ2n) is 29.7. The summed E-state index contributed by atoms with van der Waals surface area (Å²) in [5, 5.41) is 83.6. The number of aliphatic hydroxyl groups excluding tert-OH is 8. The van der Waals surface area contributed by atoms with Gasteiger partial charge in [-0.05, 0) is 123 Å². The summed E-state index contributed by atoms with van der Waals surface area (Å²) in [7, 11) is 0. The van der Waals surface area contributed by atoms with Crippen molar-refractivity contribution in [3.8, 4) is 0 Å². The molecule has 0 bridgehead atoms. The Balaban J connectivity index is 0.000000158. The number of ether oxygens (including phenoxy) is 4. The molecular formula is C66H108N20O12P4. The molecule has 0 radical (unpaired) electrons. The van der Waals surface area contributed by atoms with Crippen molar-refractivity contribution in [2.75, 3.05) is 101 Å². The van der Waals surface area contributed by atoms with Gasteiger partial charge in [0, 0.05) is 19.3 Å². The second-order valence-corrected chi connectivity index (χ2v) is 47.0. The zero-order chi connectivity index (χ0) is 74.8. The standard InChI is InChI=1S/C18H30N5O3P.C17H28N5O3P.C16H26N5O3P.C15H24N5O3P/c1-5-6-7-12-21-16(19)13-17(22-12)23(10-20-13)18-15(25)14(24)11(26-18)8-9-27(2,3)4;1-5-6-11-20-15(18)12-16(21-11)22(9-19-12)17-14(24)13(23)10(25-17)7-8-26(2,3)4;1-5-10-19-14(17)11-15(20-10)21(8-18-11)16-13(23)12(22)9(24-16)6-7-25(2,3)4;1-8-18-13(16)10-14(19-8)20(7-17-10)15-12(22)11(21)9(23-15)5-6-24(2,3)4/h10-11,14-15,18,24-25H,2,5-9H2,1,3-4H3,(H2,19,21,22);9-10,13-14,17,23-24H,2,5-8H2,1,3-4H3,(H2,18,20,21);8-9,12-13,16,22-23H,2,5-7H2,1,3-4H3,(H2,17,19,20);7,9,11-12,15,21-22H,2,5-6H2,1,3-4H3,(H2,16,18,19)/t11-,14-,15-,18-;10-,13-,14-,17-;9-,12-,13-,16-;9-,11-,12-,15-/m1111/s1. The summed E-state index contributed by atoms with van der Waals surface area (Å²) < 4.78 is 30.4. The van der Waals surface area contributed by atoms with Crippen LogP contribution in [0.3, 0.4) is 0 Å². The molecule has 102 heavy (non-hydrogen) atoms. The van der Waals surface area contributed by atoms with Crippen LogP contribution >= 0.6 is 27.5 Å². The minimum atomic E-state index is -1.24. The molecule has 16 N–H and O–H groups in total. The zero-order valence-corrected chi connectivity index (χ0v) is 64.3. The lowest BCUT2D eigenvalue weighted by atomic mass is 10.1. The lowest BCUT2D eigenvalue weighted by Gasteiger charge is -2.18. The van der Waals surface area contributed by atoms with E-state index in [2.05, 4.69) is 145 Å². The molecule has 36 heteroatoms. The van der Waals surface area contributed by atoms with E-state index in [1.807, 2.05) is 13.8 Å². The van der Waals surface area contributed by atoms with Gasteiger partial charge in [0.15, 0.2) is 70.8 Å². The van der Waals surface area contributed by atoms with Gasteiger partial charge in [-0.1, -0.05) is 27.2 Å². The molecule has 564 valence electrons. The fourth-order valence-corrected chi connectivity index (χ4v) is 16.2. The van der Waals surface area contributed by atoms with E-state index in [-0.39, 0.29) is 5.82 Å². The van der Waals surface area contributed by atoms with Crippen molar-refractivity contribution in [1.29, 1.82) is 0 Å². The lowest BCUT2D eigenvalue weighted by Crippen LogP contribution is -2.31. The van der Waals surface area contributed by atoms with Crippen LogP contribution in [-0.4, -0.2) is 295 Å². The molecule has 4 saturated heterocycles. The van der Waals surface area contributed by atoms with Gasteiger partial charge in [0.2, 0.25) is 0 Å². The van der Waals surface area contributed by atoms with Crippen molar-refractivity contribution in [3.05, 3.63) is 48.6 Å². The van der Waals surface area contributed by atoms with Crippen LogP contribution in [0.2, 0.25) is 0 Å². The first kappa shape index (κ1) is 80.2. The molecule has 12 heterocycles. The Bertz CT molecular complexity index is 4400. The first-order valence-corrected chi connectivity index (χ1v) is 46.7. The summed E-state index contributed by atoms with van der Waals surface area (Å²) in [5.74, 6) is 3.60. The number of imidazole rings is 4. The Morgan fingerprint density at radius 1 is 0.373 bits per heavy atom. The maximum absolute atomic E-state index is 10.6. The van der Waals surface area contributed by atoms with E-state index in [9.17, 15) is 40.9 Å². The third kappa shape index (κ3) is 19.0. The number of anilines is 4. The third-order valence-electron chi connectivity index (χ3n) is 18.1. The van der Waals surface area contributed by atoms with Gasteiger partial charge in [0.25, 0.3) is 0 Å². The average molecular weight is 1500 g/mol. The number of aromatic nitrogens is 16. The molecule has 4 aliphatic rings. The molecule has 8 aromatic rings. The summed E-state index contributed by atoms with van der Waals surface area (Å²) in [6.45, 7) is 20.0. The molecule has 0 aliphatic carbocycles. The number of rotatable bonds is 22. The minimum absolute atomic E-state index is 0.282. The number of nitrogens with two attached hydrogens (primary N) is 4. The van der Waals surface area contributed by atoms with Crippen LogP contribution in [0.15, 0.2) is 25.3 Å². The van der Waals surface area contributed by atoms with Gasteiger partial charge < -0.3 is 82.7 Å². The van der Waals surface area contributed by atoms with Crippen LogP contribution < -0.4 is 22.9 Å². The normalized spacial score (nSPS) is 26.9. The molecular weight excluding hydrogens is 1390 g/mol. The molecule has 12 rings (SSSR count). The van der Waals surface area contributed by atoms with Crippen LogP contribution in [0.4, 0.5) is 23.3 Å². The summed E-state index contributed by atoms with van der Waals surface area (Å²) in [5.41, 5.74) is 27.8. The first-order chi connectivity index (χ1) is 47.8. The van der Waals surface area contributed by atoms with E-state index in [4.69, 9.17) is 41.9 Å². The zero-order valence-electron chi connectivity index (χ0n) is 60.7. The molecule has 0 unspecified atom stereocenters. The van der Waals surface area contributed by atoms with Crippen molar-refractivity contribution in [3.63, 3.8) is 0 Å². The van der Waals surface area contributed by atoms with Crippen LogP contribution in [-0.2, 0) is 38.2 Å². The molecule has 16 atom stereocenters. The molecule has 32 nitrogen and oxygen atoms in total. The van der Waals surface area contributed by atoms with Gasteiger partial charge >= 0.3 is 0 Å². The summed E-state index contributed by atoms with van der Waals surface area (Å²) in [4.78, 5) is 51.8. The van der Waals surface area contributed by atoms with Crippen molar-refractivity contribution in [2.24, 2.45) is 0 Å². The van der Waals surface area contributed by atoms with E-state index < -0.39 is 126 Å². The fraction of sp³-hybridized carbons (Fsp3) is 0.636. The smallest absolute Gasteiger partial charge is 0.167 e. The number of nitrogen functional groups attached to an aromatic ring is 4. The van der Waals surface area contributed by atoms with E-state index in [1.165, 1.54) is 19.0 Å². The Kier molecular flexibility index (Phi) is 25.8. The molecule has 0 spiro atoms. The maximum Gasteiger partial charge on any atom is 0.167 e. The van der Waals surface area contributed by atoms with E-state index >= 15 is 0 Å². The number of hydrogen-bond acceptors (Lipinski definition) is 28. The Labute approximate surface area is 595 Å². The summed E-state index contributed by atoms with van der Waals surface area (Å²) in [6, 6.07) is 0. The Hall–Kier alpha value is -5.88. The fourth-order valence-electron chi connectivity index (χ4n) is 12.4. The summed E-state index contributed by atoms with van der Waals surface area (Å²) in [6.07, 6.45) is 21.1. The SMILES string of the molecule is C=P(C)(C)CC[C@H]1O[C@@H](n2cnc3c(N)nc(C)nc32)[C@H](O)[C@@H]1O.C=P(C)(C)CC[C@H]1O[C@@H](n2cnc3c(N)nc(CC)nc32)[C@H](O)[C@@H]1O.C=P(C)(C)CC[C@H]1O[C@@H](n2cnc3c(N)nc(CCC)nc32)[C@H](O)[C@@H]1O.C=P(C)(C)CC[C@H]1O[C@@H](n2cnc3c(N)nc(CCCC)nc32)[C@H](O)[C@@H]1O. The first-order valence-electron chi connectivity index (χ1n) is 34.5.